The Kier molecular flexibility index (Phi) is 4.75. The normalized spacial score (nSPS) is 11.8. The molecule has 1 N–H and O–H groups in total. The number of hydrogen-bond acceptors (Lipinski definition) is 5. The Morgan fingerprint density at radius 3 is 2.56 bits per heavy atom. The van der Waals surface area contributed by atoms with Crippen LogP contribution in [0.4, 0.5) is 0 Å². The van der Waals surface area contributed by atoms with Gasteiger partial charge in [0.15, 0.2) is 5.69 Å². The van der Waals surface area contributed by atoms with Crippen molar-refractivity contribution in [2.24, 2.45) is 5.92 Å². The monoisotopic (exact) mass is 294 g/mol. The van der Waals surface area contributed by atoms with Crippen molar-refractivity contribution in [3.8, 4) is 0 Å². The summed E-state index contributed by atoms with van der Waals surface area (Å²) in [7, 11) is 1.26. The quantitative estimate of drug-likeness (QED) is 0.659. The van der Waals surface area contributed by atoms with Gasteiger partial charge < -0.3 is 4.74 Å². The number of aromatic amines is 1. The molecule has 0 atom stereocenters. The average Bonchev–Trinajstić information content (AvgIpc) is 2.68. The highest BCUT2D eigenvalue weighted by Gasteiger charge is 2.28. The van der Waals surface area contributed by atoms with Gasteiger partial charge in [-0.15, -0.1) is 0 Å². The minimum absolute atomic E-state index is 0.148. The third kappa shape index (κ3) is 3.46. The molecule has 0 unspecified atom stereocenters. The van der Waals surface area contributed by atoms with Gasteiger partial charge in [0.1, 0.15) is 4.90 Å². The molecule has 0 aliphatic carbocycles. The first-order valence-corrected chi connectivity index (χ1v) is 7.77. The van der Waals surface area contributed by atoms with Gasteiger partial charge in [-0.1, -0.05) is 20.8 Å². The van der Waals surface area contributed by atoms with Crippen molar-refractivity contribution in [1.82, 2.24) is 10.2 Å². The highest BCUT2D eigenvalue weighted by Crippen LogP contribution is 2.23. The summed E-state index contributed by atoms with van der Waals surface area (Å²) in [6.07, 6.45) is 0.367. The number of halogens is 1. The van der Waals surface area contributed by atoms with Gasteiger partial charge in [0.2, 0.25) is 0 Å². The first kappa shape index (κ1) is 15.0. The maximum absolute atomic E-state index is 11.7. The molecular formula is C10H15ClN2O4S. The lowest BCUT2D eigenvalue weighted by atomic mass is 10.2. The van der Waals surface area contributed by atoms with Crippen LogP contribution in [0.1, 0.15) is 37.0 Å². The summed E-state index contributed by atoms with van der Waals surface area (Å²) in [4.78, 5) is 11.4. The summed E-state index contributed by atoms with van der Waals surface area (Å²) in [6.45, 7) is 5.65. The maximum atomic E-state index is 11.7. The Bertz CT molecular complexity index is 536. The molecule has 0 saturated carbocycles. The van der Waals surface area contributed by atoms with Crippen LogP contribution in [0, 0.1) is 5.92 Å². The number of aryl methyl sites for hydroxylation is 1. The van der Waals surface area contributed by atoms with Crippen LogP contribution in [0.5, 0.6) is 0 Å². The lowest BCUT2D eigenvalue weighted by Crippen LogP contribution is -2.13. The first-order valence-electron chi connectivity index (χ1n) is 5.46. The van der Waals surface area contributed by atoms with E-state index in [1.165, 1.54) is 0 Å². The summed E-state index contributed by atoms with van der Waals surface area (Å²) in [5.41, 5.74) is 0.00370. The molecule has 0 saturated heterocycles. The molecule has 1 aromatic heterocycles. The Morgan fingerprint density at radius 2 is 2.11 bits per heavy atom. The molecule has 0 radical (unpaired) electrons. The molecule has 6 nitrogen and oxygen atoms in total. The zero-order valence-corrected chi connectivity index (χ0v) is 11.9. The van der Waals surface area contributed by atoms with E-state index in [0.29, 0.717) is 12.1 Å². The molecule has 1 rings (SSSR count). The molecular weight excluding hydrogens is 280 g/mol. The van der Waals surface area contributed by atoms with Gasteiger partial charge in [-0.05, 0) is 12.3 Å². The van der Waals surface area contributed by atoms with E-state index in [1.54, 1.807) is 6.92 Å². The number of ether oxygens (including phenoxy) is 1. The summed E-state index contributed by atoms with van der Waals surface area (Å²) in [6, 6.07) is 0. The van der Waals surface area contributed by atoms with Crippen molar-refractivity contribution in [3.63, 3.8) is 0 Å². The molecule has 0 amide bonds. The van der Waals surface area contributed by atoms with Crippen LogP contribution in [0.3, 0.4) is 0 Å². The second-order valence-corrected chi connectivity index (χ2v) is 6.67. The van der Waals surface area contributed by atoms with Gasteiger partial charge in [-0.2, -0.15) is 5.10 Å². The third-order valence-electron chi connectivity index (χ3n) is 2.13. The van der Waals surface area contributed by atoms with Crippen molar-refractivity contribution in [2.45, 2.75) is 32.1 Å². The Labute approximate surface area is 110 Å². The zero-order valence-electron chi connectivity index (χ0n) is 10.4. The smallest absolute Gasteiger partial charge is 0.360 e. The van der Waals surface area contributed by atoms with Gasteiger partial charge in [0.25, 0.3) is 9.05 Å². The van der Waals surface area contributed by atoms with E-state index in [1.807, 2.05) is 13.8 Å². The molecule has 0 aliphatic rings. The van der Waals surface area contributed by atoms with Gasteiger partial charge in [0.05, 0.1) is 12.3 Å². The number of rotatable bonds is 5. The number of nitrogens with one attached hydrogen (secondary N) is 1. The molecule has 18 heavy (non-hydrogen) atoms. The van der Waals surface area contributed by atoms with Gasteiger partial charge in [0, 0.05) is 10.7 Å². The Balaban J connectivity index is 3.10. The third-order valence-corrected chi connectivity index (χ3v) is 3.52. The molecule has 1 aromatic rings. The standard InChI is InChI=1S/C10H15ClN2O4S/c1-4-7-9(18(11,15)16)8(13-12-7)10(14)17-5-6(2)3/h6H,4-5H2,1-3H3,(H,12,13). The van der Waals surface area contributed by atoms with E-state index >= 15 is 0 Å². The van der Waals surface area contributed by atoms with Crippen molar-refractivity contribution in [1.29, 1.82) is 0 Å². The number of carbonyl (C=O) groups is 1. The van der Waals surface area contributed by atoms with Gasteiger partial charge in [-0.25, -0.2) is 13.2 Å². The first-order chi connectivity index (χ1) is 8.27. The number of hydrogen-bond donors (Lipinski definition) is 1. The largest absolute Gasteiger partial charge is 0.461 e. The maximum Gasteiger partial charge on any atom is 0.360 e. The van der Waals surface area contributed by atoms with Crippen molar-refractivity contribution in [2.75, 3.05) is 6.61 Å². The van der Waals surface area contributed by atoms with E-state index in [2.05, 4.69) is 10.2 Å². The highest BCUT2D eigenvalue weighted by atomic mass is 35.7. The molecule has 0 fully saturated rings. The van der Waals surface area contributed by atoms with E-state index in [4.69, 9.17) is 15.4 Å². The fraction of sp³-hybridized carbons (Fsp3) is 0.600. The fourth-order valence-electron chi connectivity index (χ4n) is 1.32. The van der Waals surface area contributed by atoms with Crippen LogP contribution in [0.25, 0.3) is 0 Å². The minimum Gasteiger partial charge on any atom is -0.461 e. The Morgan fingerprint density at radius 1 is 1.50 bits per heavy atom. The molecule has 0 aromatic carbocycles. The second kappa shape index (κ2) is 5.71. The summed E-state index contributed by atoms with van der Waals surface area (Å²) in [5.74, 6) is -0.645. The number of carbonyl (C=O) groups excluding carboxylic acids is 1. The minimum atomic E-state index is -4.04. The zero-order chi connectivity index (χ0) is 13.9. The van der Waals surface area contributed by atoms with E-state index in [-0.39, 0.29) is 23.1 Å². The number of aromatic nitrogens is 2. The molecule has 8 heteroatoms. The molecule has 0 aliphatic heterocycles. The van der Waals surface area contributed by atoms with E-state index in [0.717, 1.165) is 0 Å². The topological polar surface area (TPSA) is 89.1 Å². The van der Waals surface area contributed by atoms with Crippen molar-refractivity contribution >= 4 is 25.7 Å². The molecule has 0 spiro atoms. The summed E-state index contributed by atoms with van der Waals surface area (Å²) in [5, 5.41) is 6.15. The van der Waals surface area contributed by atoms with Gasteiger partial charge >= 0.3 is 5.97 Å². The SMILES string of the molecule is CCc1[nH]nc(C(=O)OCC(C)C)c1S(=O)(=O)Cl. The highest BCUT2D eigenvalue weighted by molar-refractivity contribution is 8.13. The number of nitrogens with zero attached hydrogens (tertiary/aromatic N) is 1. The van der Waals surface area contributed by atoms with Crippen LogP contribution in [-0.2, 0) is 20.2 Å². The van der Waals surface area contributed by atoms with Crippen LogP contribution >= 0.6 is 10.7 Å². The van der Waals surface area contributed by atoms with Crippen LogP contribution < -0.4 is 0 Å². The predicted molar refractivity (Wildman–Crippen MR) is 66.1 cm³/mol. The van der Waals surface area contributed by atoms with Crippen LogP contribution in [0.15, 0.2) is 4.90 Å². The average molecular weight is 295 g/mol. The van der Waals surface area contributed by atoms with Crippen molar-refractivity contribution < 1.29 is 17.9 Å². The van der Waals surface area contributed by atoms with E-state index < -0.39 is 15.0 Å². The van der Waals surface area contributed by atoms with Crippen LogP contribution in [-0.4, -0.2) is 31.2 Å². The predicted octanol–water partition coefficient (Wildman–Crippen LogP) is 1.71. The lowest BCUT2D eigenvalue weighted by Gasteiger charge is -2.06. The number of esters is 1. The molecule has 102 valence electrons. The summed E-state index contributed by atoms with van der Waals surface area (Å²) >= 11 is 0. The van der Waals surface area contributed by atoms with Crippen LogP contribution in [0.2, 0.25) is 0 Å². The molecule has 0 bridgehead atoms. The van der Waals surface area contributed by atoms with Crippen molar-refractivity contribution in [3.05, 3.63) is 11.4 Å². The lowest BCUT2D eigenvalue weighted by molar-refractivity contribution is 0.0447. The second-order valence-electron chi connectivity index (χ2n) is 4.16. The summed E-state index contributed by atoms with van der Waals surface area (Å²) < 4.78 is 27.8. The Hall–Kier alpha value is -1.08. The number of H-pyrrole nitrogens is 1. The fourth-order valence-corrected chi connectivity index (χ4v) is 2.66. The van der Waals surface area contributed by atoms with E-state index in [9.17, 15) is 13.2 Å². The van der Waals surface area contributed by atoms with Gasteiger partial charge in [-0.3, -0.25) is 5.10 Å². The molecule has 1 heterocycles.